The number of carbonyl (C=O) groups is 1. The van der Waals surface area contributed by atoms with Crippen molar-refractivity contribution >= 4 is 16.9 Å². The summed E-state index contributed by atoms with van der Waals surface area (Å²) in [5, 5.41) is 0. The minimum atomic E-state index is -0.253. The number of fused-ring (bicyclic) bond motifs is 1. The van der Waals surface area contributed by atoms with Crippen molar-refractivity contribution in [1.82, 2.24) is 19.9 Å². The van der Waals surface area contributed by atoms with Gasteiger partial charge in [-0.25, -0.2) is 9.37 Å². The number of benzene rings is 2. The van der Waals surface area contributed by atoms with Crippen LogP contribution in [0.15, 0.2) is 60.7 Å². The molecule has 1 amide bonds. The normalized spacial score (nSPS) is 16.1. The third-order valence-electron chi connectivity index (χ3n) is 6.08. The zero-order chi connectivity index (χ0) is 22.1. The fourth-order valence-electron chi connectivity index (χ4n) is 4.54. The highest BCUT2D eigenvalue weighted by Gasteiger charge is 2.31. The summed E-state index contributed by atoms with van der Waals surface area (Å²) in [6.45, 7) is 2.70. The molecule has 0 radical (unpaired) electrons. The third-order valence-corrected chi connectivity index (χ3v) is 6.08. The summed E-state index contributed by atoms with van der Waals surface area (Å²) in [6.07, 6.45) is 2.85. The van der Waals surface area contributed by atoms with Gasteiger partial charge in [0.1, 0.15) is 11.6 Å². The number of halogens is 1. The molecule has 1 aliphatic heterocycles. The lowest BCUT2D eigenvalue weighted by molar-refractivity contribution is -0.132. The number of aromatic amines is 1. The van der Waals surface area contributed by atoms with Crippen molar-refractivity contribution in [3.8, 4) is 11.1 Å². The molecule has 0 aliphatic carbocycles. The molecule has 1 aliphatic rings. The van der Waals surface area contributed by atoms with Gasteiger partial charge in [0.2, 0.25) is 5.91 Å². The summed E-state index contributed by atoms with van der Waals surface area (Å²) in [4.78, 5) is 27.7. The first kappa shape index (κ1) is 20.4. The van der Waals surface area contributed by atoms with Crippen LogP contribution in [0.4, 0.5) is 4.39 Å². The Morgan fingerprint density at radius 2 is 1.91 bits per heavy atom. The van der Waals surface area contributed by atoms with Crippen molar-refractivity contribution in [3.63, 3.8) is 0 Å². The zero-order valence-corrected chi connectivity index (χ0v) is 18.0. The maximum absolute atomic E-state index is 13.3. The molecule has 2 aromatic carbocycles. The Bertz CT molecular complexity index is 1230. The number of nitrogens with zero attached hydrogens (tertiary/aromatic N) is 3. The van der Waals surface area contributed by atoms with Gasteiger partial charge in [-0.05, 0) is 67.3 Å². The quantitative estimate of drug-likeness (QED) is 0.465. The summed E-state index contributed by atoms with van der Waals surface area (Å²) >= 11 is 0. The molecule has 3 heterocycles. The standard InChI is InChI=1S/C26H25FN4O/c1-17-15-19(18-8-10-20(27)11-9-18)16-23(28-17)24-7-4-14-31(24)26(32)13-12-25-29-21-5-2-3-6-22(21)30-25/h2-3,5-6,8-11,15-16,24H,4,7,12-14H2,1H3,(H,29,30)/t24-/m0/s1. The van der Waals surface area contributed by atoms with E-state index >= 15 is 0 Å². The summed E-state index contributed by atoms with van der Waals surface area (Å²) < 4.78 is 13.3. The smallest absolute Gasteiger partial charge is 0.223 e. The van der Waals surface area contributed by atoms with Crippen LogP contribution in [0.3, 0.4) is 0 Å². The number of H-pyrrole nitrogens is 1. The predicted octanol–water partition coefficient (Wildman–Crippen LogP) is 5.37. The van der Waals surface area contributed by atoms with E-state index in [0.29, 0.717) is 12.8 Å². The first-order valence-corrected chi connectivity index (χ1v) is 11.0. The molecule has 2 aromatic heterocycles. The number of hydrogen-bond donors (Lipinski definition) is 1. The Morgan fingerprint density at radius 3 is 2.72 bits per heavy atom. The highest BCUT2D eigenvalue weighted by molar-refractivity contribution is 5.78. The van der Waals surface area contributed by atoms with E-state index in [1.807, 2.05) is 48.2 Å². The molecule has 5 rings (SSSR count). The average Bonchev–Trinajstić information content (AvgIpc) is 3.44. The van der Waals surface area contributed by atoms with E-state index in [1.54, 1.807) is 12.1 Å². The van der Waals surface area contributed by atoms with Crippen LogP contribution in [0.1, 0.15) is 42.5 Å². The molecule has 0 saturated carbocycles. The maximum atomic E-state index is 13.3. The fourth-order valence-corrected chi connectivity index (χ4v) is 4.54. The van der Waals surface area contributed by atoms with E-state index in [9.17, 15) is 9.18 Å². The first-order chi connectivity index (χ1) is 15.6. The molecule has 1 N–H and O–H groups in total. The number of aromatic nitrogens is 3. The topological polar surface area (TPSA) is 61.9 Å². The highest BCUT2D eigenvalue weighted by Crippen LogP contribution is 2.34. The van der Waals surface area contributed by atoms with Crippen molar-refractivity contribution in [1.29, 1.82) is 0 Å². The predicted molar refractivity (Wildman–Crippen MR) is 122 cm³/mol. The third kappa shape index (κ3) is 4.13. The van der Waals surface area contributed by atoms with Crippen LogP contribution in [0.5, 0.6) is 0 Å². The lowest BCUT2D eigenvalue weighted by atomic mass is 10.0. The average molecular weight is 429 g/mol. The Labute approximate surface area is 186 Å². The van der Waals surface area contributed by atoms with Crippen molar-refractivity contribution in [2.75, 3.05) is 6.54 Å². The highest BCUT2D eigenvalue weighted by atomic mass is 19.1. The minimum absolute atomic E-state index is 0.0303. The Balaban J connectivity index is 1.33. The SMILES string of the molecule is Cc1cc(-c2ccc(F)cc2)cc([C@@H]2CCCN2C(=O)CCc2nc3ccccc3[nH]2)n1. The van der Waals surface area contributed by atoms with Crippen LogP contribution in [0.2, 0.25) is 0 Å². The summed E-state index contributed by atoms with van der Waals surface area (Å²) in [6, 6.07) is 18.4. The molecule has 4 aromatic rings. The number of carbonyl (C=O) groups excluding carboxylic acids is 1. The molecule has 1 fully saturated rings. The van der Waals surface area contributed by atoms with Gasteiger partial charge in [-0.3, -0.25) is 9.78 Å². The number of imidazole rings is 1. The van der Waals surface area contributed by atoms with Crippen molar-refractivity contribution in [2.45, 2.75) is 38.6 Å². The van der Waals surface area contributed by atoms with Crippen LogP contribution in [0, 0.1) is 12.7 Å². The zero-order valence-electron chi connectivity index (χ0n) is 18.0. The number of amides is 1. The molecule has 0 unspecified atom stereocenters. The van der Waals surface area contributed by atoms with Crippen LogP contribution in [0.25, 0.3) is 22.2 Å². The Kier molecular flexibility index (Phi) is 5.43. The van der Waals surface area contributed by atoms with Gasteiger partial charge in [0.05, 0.1) is 22.8 Å². The van der Waals surface area contributed by atoms with Gasteiger partial charge < -0.3 is 9.88 Å². The molecule has 1 saturated heterocycles. The number of likely N-dealkylation sites (tertiary alicyclic amines) is 1. The first-order valence-electron chi connectivity index (χ1n) is 11.0. The largest absolute Gasteiger partial charge is 0.342 e. The number of para-hydroxylation sites is 2. The van der Waals surface area contributed by atoms with Crippen LogP contribution in [-0.2, 0) is 11.2 Å². The van der Waals surface area contributed by atoms with Gasteiger partial charge in [-0.15, -0.1) is 0 Å². The molecule has 6 heteroatoms. The van der Waals surface area contributed by atoms with Gasteiger partial charge >= 0.3 is 0 Å². The number of rotatable bonds is 5. The van der Waals surface area contributed by atoms with Gasteiger partial charge in [0.15, 0.2) is 0 Å². The maximum Gasteiger partial charge on any atom is 0.223 e. The number of hydrogen-bond acceptors (Lipinski definition) is 3. The summed E-state index contributed by atoms with van der Waals surface area (Å²) in [5.41, 5.74) is 5.65. The van der Waals surface area contributed by atoms with E-state index in [-0.39, 0.29) is 17.8 Å². The fraction of sp³-hybridized carbons (Fsp3) is 0.269. The second-order valence-corrected chi connectivity index (χ2v) is 8.37. The van der Waals surface area contributed by atoms with Gasteiger partial charge in [-0.1, -0.05) is 24.3 Å². The molecule has 1 atom stereocenters. The molecule has 32 heavy (non-hydrogen) atoms. The molecule has 5 nitrogen and oxygen atoms in total. The number of aryl methyl sites for hydroxylation is 2. The molecule has 162 valence electrons. The molecular formula is C26H25FN4O. The van der Waals surface area contributed by atoms with Crippen LogP contribution >= 0.6 is 0 Å². The number of pyridine rings is 1. The van der Waals surface area contributed by atoms with E-state index in [1.165, 1.54) is 12.1 Å². The Hall–Kier alpha value is -3.54. The molecule has 0 bridgehead atoms. The number of nitrogens with one attached hydrogen (secondary N) is 1. The van der Waals surface area contributed by atoms with Gasteiger partial charge in [0, 0.05) is 25.1 Å². The van der Waals surface area contributed by atoms with Crippen molar-refractivity contribution in [3.05, 3.63) is 83.7 Å². The van der Waals surface area contributed by atoms with Crippen molar-refractivity contribution < 1.29 is 9.18 Å². The van der Waals surface area contributed by atoms with Gasteiger partial charge in [-0.2, -0.15) is 0 Å². The Morgan fingerprint density at radius 1 is 1.09 bits per heavy atom. The van der Waals surface area contributed by atoms with E-state index in [0.717, 1.165) is 58.8 Å². The molecule has 0 spiro atoms. The van der Waals surface area contributed by atoms with E-state index in [2.05, 4.69) is 9.97 Å². The van der Waals surface area contributed by atoms with Crippen molar-refractivity contribution in [2.24, 2.45) is 0 Å². The van der Waals surface area contributed by atoms with Crippen LogP contribution < -0.4 is 0 Å². The van der Waals surface area contributed by atoms with E-state index in [4.69, 9.17) is 4.98 Å². The van der Waals surface area contributed by atoms with Gasteiger partial charge in [0.25, 0.3) is 0 Å². The molecular weight excluding hydrogens is 403 g/mol. The minimum Gasteiger partial charge on any atom is -0.342 e. The lowest BCUT2D eigenvalue weighted by Gasteiger charge is -2.25. The second kappa shape index (κ2) is 8.54. The lowest BCUT2D eigenvalue weighted by Crippen LogP contribution is -2.31. The summed E-state index contributed by atoms with van der Waals surface area (Å²) in [5.74, 6) is 0.707. The van der Waals surface area contributed by atoms with E-state index < -0.39 is 0 Å². The second-order valence-electron chi connectivity index (χ2n) is 8.37. The monoisotopic (exact) mass is 428 g/mol. The van der Waals surface area contributed by atoms with Crippen LogP contribution in [-0.4, -0.2) is 32.3 Å². The summed E-state index contributed by atoms with van der Waals surface area (Å²) in [7, 11) is 0.